The standard InChI is InChI=1S/C17H18ClF2N/c1-10(2)21-9-12-4-5-16(19)14(7-12)13-6-11(3)17(20)8-15(13)18/h4-8,10,21H,9H2,1-3H3. The lowest BCUT2D eigenvalue weighted by molar-refractivity contribution is 0.586. The van der Waals surface area contributed by atoms with Crippen molar-refractivity contribution in [1.82, 2.24) is 5.32 Å². The number of benzene rings is 2. The fourth-order valence-electron chi connectivity index (χ4n) is 2.07. The van der Waals surface area contributed by atoms with Crippen LogP contribution in [0.5, 0.6) is 0 Å². The average Bonchev–Trinajstić information content (AvgIpc) is 2.42. The Hall–Kier alpha value is -1.45. The fraction of sp³-hybridized carbons (Fsp3) is 0.294. The van der Waals surface area contributed by atoms with Gasteiger partial charge in [0.15, 0.2) is 0 Å². The summed E-state index contributed by atoms with van der Waals surface area (Å²) in [7, 11) is 0. The zero-order chi connectivity index (χ0) is 15.6. The van der Waals surface area contributed by atoms with Gasteiger partial charge in [0.2, 0.25) is 0 Å². The Labute approximate surface area is 128 Å². The van der Waals surface area contributed by atoms with Crippen molar-refractivity contribution in [3.63, 3.8) is 0 Å². The van der Waals surface area contributed by atoms with Crippen LogP contribution in [-0.4, -0.2) is 6.04 Å². The van der Waals surface area contributed by atoms with E-state index in [0.717, 1.165) is 5.56 Å². The highest BCUT2D eigenvalue weighted by atomic mass is 35.5. The van der Waals surface area contributed by atoms with Crippen LogP contribution >= 0.6 is 11.6 Å². The number of nitrogens with one attached hydrogen (secondary N) is 1. The molecule has 112 valence electrons. The lowest BCUT2D eigenvalue weighted by Crippen LogP contribution is -2.21. The first kappa shape index (κ1) is 15.9. The van der Waals surface area contributed by atoms with Gasteiger partial charge < -0.3 is 5.32 Å². The molecule has 0 bridgehead atoms. The van der Waals surface area contributed by atoms with Crippen molar-refractivity contribution >= 4 is 11.6 Å². The number of hydrogen-bond donors (Lipinski definition) is 1. The molecule has 0 saturated heterocycles. The topological polar surface area (TPSA) is 12.0 Å². The predicted octanol–water partition coefficient (Wildman–Crippen LogP) is 5.09. The summed E-state index contributed by atoms with van der Waals surface area (Å²) in [6, 6.07) is 8.05. The molecule has 0 heterocycles. The second kappa shape index (κ2) is 6.54. The number of hydrogen-bond acceptors (Lipinski definition) is 1. The number of halogens is 3. The summed E-state index contributed by atoms with van der Waals surface area (Å²) in [5, 5.41) is 3.49. The van der Waals surface area contributed by atoms with E-state index in [-0.39, 0.29) is 16.7 Å². The van der Waals surface area contributed by atoms with Gasteiger partial charge in [0.05, 0.1) is 5.02 Å². The highest BCUT2D eigenvalue weighted by Crippen LogP contribution is 2.32. The summed E-state index contributed by atoms with van der Waals surface area (Å²) in [5.41, 5.74) is 2.31. The van der Waals surface area contributed by atoms with E-state index < -0.39 is 0 Å². The second-order valence-corrected chi connectivity index (χ2v) is 5.84. The van der Waals surface area contributed by atoms with Gasteiger partial charge in [-0.3, -0.25) is 0 Å². The normalized spacial score (nSPS) is 11.2. The summed E-state index contributed by atoms with van der Waals surface area (Å²) >= 11 is 6.07. The van der Waals surface area contributed by atoms with E-state index in [0.29, 0.717) is 29.3 Å². The fourth-order valence-corrected chi connectivity index (χ4v) is 2.33. The van der Waals surface area contributed by atoms with Crippen LogP contribution in [0.25, 0.3) is 11.1 Å². The Bertz CT molecular complexity index is 653. The van der Waals surface area contributed by atoms with Crippen LogP contribution in [0.4, 0.5) is 8.78 Å². The molecule has 0 amide bonds. The minimum Gasteiger partial charge on any atom is -0.310 e. The van der Waals surface area contributed by atoms with Crippen molar-refractivity contribution in [3.05, 3.63) is 58.1 Å². The third-order valence-corrected chi connectivity index (χ3v) is 3.60. The molecule has 0 unspecified atom stereocenters. The molecule has 2 aromatic rings. The largest absolute Gasteiger partial charge is 0.310 e. The van der Waals surface area contributed by atoms with E-state index in [1.54, 1.807) is 25.1 Å². The molecule has 0 aliphatic carbocycles. The van der Waals surface area contributed by atoms with Gasteiger partial charge in [0, 0.05) is 23.7 Å². The van der Waals surface area contributed by atoms with E-state index in [9.17, 15) is 8.78 Å². The van der Waals surface area contributed by atoms with E-state index in [1.807, 2.05) is 13.8 Å². The summed E-state index contributed by atoms with van der Waals surface area (Å²) in [5.74, 6) is -0.752. The Morgan fingerprint density at radius 1 is 1.05 bits per heavy atom. The maximum absolute atomic E-state index is 14.1. The molecule has 0 aliphatic heterocycles. The number of aryl methyl sites for hydroxylation is 1. The molecule has 0 radical (unpaired) electrons. The zero-order valence-electron chi connectivity index (χ0n) is 12.3. The first-order valence-corrected chi connectivity index (χ1v) is 7.24. The minimum absolute atomic E-state index is 0.214. The molecule has 1 nitrogen and oxygen atoms in total. The van der Waals surface area contributed by atoms with Gasteiger partial charge in [-0.1, -0.05) is 31.5 Å². The third-order valence-electron chi connectivity index (χ3n) is 3.28. The van der Waals surface area contributed by atoms with Crippen LogP contribution in [0.1, 0.15) is 25.0 Å². The number of rotatable bonds is 4. The van der Waals surface area contributed by atoms with Crippen molar-refractivity contribution in [3.8, 4) is 11.1 Å². The van der Waals surface area contributed by atoms with Crippen molar-refractivity contribution in [2.45, 2.75) is 33.4 Å². The maximum atomic E-state index is 14.1. The van der Waals surface area contributed by atoms with E-state index in [2.05, 4.69) is 5.32 Å². The maximum Gasteiger partial charge on any atom is 0.131 e. The van der Waals surface area contributed by atoms with Crippen LogP contribution in [0.3, 0.4) is 0 Å². The lowest BCUT2D eigenvalue weighted by atomic mass is 10.00. The van der Waals surface area contributed by atoms with Crippen LogP contribution in [0.15, 0.2) is 30.3 Å². The molecule has 2 aromatic carbocycles. The molecule has 1 N–H and O–H groups in total. The van der Waals surface area contributed by atoms with Crippen LogP contribution in [0, 0.1) is 18.6 Å². The molecule has 0 aliphatic rings. The highest BCUT2D eigenvalue weighted by Gasteiger charge is 2.12. The van der Waals surface area contributed by atoms with Gasteiger partial charge in [0.1, 0.15) is 11.6 Å². The lowest BCUT2D eigenvalue weighted by Gasteiger charge is -2.12. The summed E-state index contributed by atoms with van der Waals surface area (Å²) in [4.78, 5) is 0. The van der Waals surface area contributed by atoms with Crippen molar-refractivity contribution in [2.24, 2.45) is 0 Å². The second-order valence-electron chi connectivity index (χ2n) is 5.43. The summed E-state index contributed by atoms with van der Waals surface area (Å²) in [6.45, 7) is 6.37. The molecule has 21 heavy (non-hydrogen) atoms. The minimum atomic E-state index is -0.387. The summed E-state index contributed by atoms with van der Waals surface area (Å²) in [6.07, 6.45) is 0. The highest BCUT2D eigenvalue weighted by molar-refractivity contribution is 6.33. The van der Waals surface area contributed by atoms with Gasteiger partial charge in [-0.25, -0.2) is 8.78 Å². The average molecular weight is 310 g/mol. The molecule has 0 fully saturated rings. The van der Waals surface area contributed by atoms with Gasteiger partial charge >= 0.3 is 0 Å². The van der Waals surface area contributed by atoms with Crippen molar-refractivity contribution < 1.29 is 8.78 Å². The first-order chi connectivity index (χ1) is 9.88. The molecular weight excluding hydrogens is 292 g/mol. The molecule has 0 atom stereocenters. The predicted molar refractivity (Wildman–Crippen MR) is 83.5 cm³/mol. The Balaban J connectivity index is 2.43. The first-order valence-electron chi connectivity index (χ1n) is 6.86. The molecule has 0 aromatic heterocycles. The van der Waals surface area contributed by atoms with Crippen LogP contribution < -0.4 is 5.32 Å². The molecule has 0 spiro atoms. The van der Waals surface area contributed by atoms with E-state index in [4.69, 9.17) is 11.6 Å². The Morgan fingerprint density at radius 2 is 1.76 bits per heavy atom. The van der Waals surface area contributed by atoms with Gasteiger partial charge in [-0.2, -0.15) is 0 Å². The zero-order valence-corrected chi connectivity index (χ0v) is 13.1. The van der Waals surface area contributed by atoms with E-state index in [1.165, 1.54) is 12.1 Å². The van der Waals surface area contributed by atoms with E-state index >= 15 is 0 Å². The SMILES string of the molecule is Cc1cc(-c2cc(CNC(C)C)ccc2F)c(Cl)cc1F. The van der Waals surface area contributed by atoms with Crippen molar-refractivity contribution in [2.75, 3.05) is 0 Å². The van der Waals surface area contributed by atoms with Gasteiger partial charge in [-0.05, 0) is 42.3 Å². The molecule has 2 rings (SSSR count). The quantitative estimate of drug-likeness (QED) is 0.829. The molecule has 4 heteroatoms. The Kier molecular flexibility index (Phi) is 4.96. The Morgan fingerprint density at radius 3 is 2.43 bits per heavy atom. The monoisotopic (exact) mass is 309 g/mol. The molecule has 0 saturated carbocycles. The third kappa shape index (κ3) is 3.80. The summed E-state index contributed by atoms with van der Waals surface area (Å²) < 4.78 is 27.6. The smallest absolute Gasteiger partial charge is 0.131 e. The van der Waals surface area contributed by atoms with Gasteiger partial charge in [-0.15, -0.1) is 0 Å². The van der Waals surface area contributed by atoms with Crippen LogP contribution in [-0.2, 0) is 6.54 Å². The molecular formula is C17H18ClF2N. The van der Waals surface area contributed by atoms with Crippen LogP contribution in [0.2, 0.25) is 5.02 Å². The van der Waals surface area contributed by atoms with Gasteiger partial charge in [0.25, 0.3) is 0 Å². The van der Waals surface area contributed by atoms with Crippen molar-refractivity contribution in [1.29, 1.82) is 0 Å².